The molecule has 4 aromatic carbocycles. The van der Waals surface area contributed by atoms with Crippen molar-refractivity contribution >= 4 is 41.9 Å². The first-order valence-corrected chi connectivity index (χ1v) is 20.8. The molecule has 0 radical (unpaired) electrons. The van der Waals surface area contributed by atoms with Gasteiger partial charge in [0.05, 0.1) is 8.07 Å². The molecule has 0 aliphatic heterocycles. The number of halogens is 2. The van der Waals surface area contributed by atoms with Crippen molar-refractivity contribution in [2.24, 2.45) is 0 Å². The van der Waals surface area contributed by atoms with Crippen molar-refractivity contribution in [3.8, 4) is 11.1 Å². The van der Waals surface area contributed by atoms with Crippen LogP contribution in [-0.4, -0.2) is 8.07 Å². The van der Waals surface area contributed by atoms with Crippen molar-refractivity contribution in [3.05, 3.63) is 128 Å². The second-order valence-electron chi connectivity index (χ2n) is 9.61. The van der Waals surface area contributed by atoms with Crippen LogP contribution in [0.25, 0.3) is 28.0 Å². The van der Waals surface area contributed by atoms with E-state index in [1.54, 1.807) is 11.1 Å². The number of hydrogen-bond donors (Lipinski definition) is 0. The molecule has 2 aliphatic carbocycles. The summed E-state index contributed by atoms with van der Waals surface area (Å²) in [4.78, 5) is 0. The molecule has 1 unspecified atom stereocenters. The Kier molecular flexibility index (Phi) is 9.09. The summed E-state index contributed by atoms with van der Waals surface area (Å²) in [6.45, 7) is 7.59. The van der Waals surface area contributed by atoms with Gasteiger partial charge in [0.25, 0.3) is 0 Å². The number of allylic oxidation sites excluding steroid dienone is 1. The normalized spacial score (nSPS) is 15.3. The second-order valence-corrected chi connectivity index (χ2v) is 18.1. The average molecular weight is 595 g/mol. The second kappa shape index (κ2) is 11.3. The Balaban J connectivity index is 0.000000653. The summed E-state index contributed by atoms with van der Waals surface area (Å²) in [5, 5.41) is 2.74. The SMILES string of the molecule is CC1=Cc2c(ccc3ccccc23)C1[Si](C)(C)C1c2ccccc2-c2ccccc21.[CH3-].[CH3-].[Cl][Zr+2][Cl]. The van der Waals surface area contributed by atoms with Crippen LogP contribution in [-0.2, 0) is 20.8 Å². The zero-order valence-electron chi connectivity index (χ0n) is 21.1. The molecule has 0 saturated heterocycles. The minimum atomic E-state index is -1.81. The van der Waals surface area contributed by atoms with E-state index in [4.69, 9.17) is 17.0 Å². The van der Waals surface area contributed by atoms with Crippen LogP contribution in [0.3, 0.4) is 0 Å². The topological polar surface area (TPSA) is 0 Å². The van der Waals surface area contributed by atoms with Crippen molar-refractivity contribution in [1.82, 2.24) is 0 Å². The van der Waals surface area contributed by atoms with E-state index in [0.29, 0.717) is 11.1 Å². The third kappa shape index (κ3) is 4.69. The van der Waals surface area contributed by atoms with Gasteiger partial charge in [0.1, 0.15) is 0 Å². The summed E-state index contributed by atoms with van der Waals surface area (Å²) in [5.41, 5.74) is 11.6. The van der Waals surface area contributed by atoms with Crippen LogP contribution in [0.2, 0.25) is 13.1 Å². The maximum absolute atomic E-state index is 4.93. The van der Waals surface area contributed by atoms with Crippen LogP contribution in [0.4, 0.5) is 0 Å². The monoisotopic (exact) mass is 592 g/mol. The molecule has 35 heavy (non-hydrogen) atoms. The van der Waals surface area contributed by atoms with E-state index in [2.05, 4.69) is 111 Å². The fraction of sp³-hybridized carbons (Fsp3) is 0.161. The molecule has 178 valence electrons. The van der Waals surface area contributed by atoms with Crippen molar-refractivity contribution in [2.75, 3.05) is 0 Å². The minimum absolute atomic E-state index is 0. The van der Waals surface area contributed by atoms with Gasteiger partial charge in [-0.2, -0.15) is 0 Å². The summed E-state index contributed by atoms with van der Waals surface area (Å²) in [5.74, 6) is 0. The molecule has 2 aliphatic rings. The zero-order valence-corrected chi connectivity index (χ0v) is 26.0. The zero-order chi connectivity index (χ0) is 23.2. The van der Waals surface area contributed by atoms with E-state index < -0.39 is 28.9 Å². The summed E-state index contributed by atoms with van der Waals surface area (Å²) in [6.07, 6.45) is 2.48. The molecule has 1 atom stereocenters. The predicted molar refractivity (Wildman–Crippen MR) is 156 cm³/mol. The number of rotatable bonds is 2. The first-order valence-electron chi connectivity index (χ1n) is 11.3. The first kappa shape index (κ1) is 28.1. The molecule has 0 N–H and O–H groups in total. The van der Waals surface area contributed by atoms with Crippen LogP contribution < -0.4 is 0 Å². The summed E-state index contributed by atoms with van der Waals surface area (Å²) < 4.78 is 0. The molecule has 0 saturated carbocycles. The third-order valence-electron chi connectivity index (χ3n) is 7.46. The molecule has 4 aromatic rings. The van der Waals surface area contributed by atoms with Crippen molar-refractivity contribution in [3.63, 3.8) is 0 Å². The molecule has 6 rings (SSSR count). The van der Waals surface area contributed by atoms with Crippen LogP contribution >= 0.6 is 17.0 Å². The van der Waals surface area contributed by atoms with E-state index >= 15 is 0 Å². The van der Waals surface area contributed by atoms with Gasteiger partial charge in [0, 0.05) is 11.1 Å². The molecule has 0 spiro atoms. The van der Waals surface area contributed by atoms with Gasteiger partial charge < -0.3 is 14.9 Å². The molecule has 0 bridgehead atoms. The number of benzene rings is 4. The molecule has 0 amide bonds. The molecule has 0 nitrogen and oxygen atoms in total. The Morgan fingerprint density at radius 1 is 0.657 bits per heavy atom. The van der Waals surface area contributed by atoms with Gasteiger partial charge in [0.15, 0.2) is 0 Å². The van der Waals surface area contributed by atoms with E-state index in [-0.39, 0.29) is 14.9 Å². The van der Waals surface area contributed by atoms with Crippen molar-refractivity contribution in [2.45, 2.75) is 31.1 Å². The van der Waals surface area contributed by atoms with Gasteiger partial charge >= 0.3 is 37.9 Å². The van der Waals surface area contributed by atoms with E-state index in [1.165, 1.54) is 38.6 Å². The van der Waals surface area contributed by atoms with Gasteiger partial charge in [0.2, 0.25) is 0 Å². The van der Waals surface area contributed by atoms with E-state index in [9.17, 15) is 0 Å². The van der Waals surface area contributed by atoms with Gasteiger partial charge in [-0.1, -0.05) is 110 Å². The average Bonchev–Trinajstić information content (AvgIpc) is 3.35. The van der Waals surface area contributed by atoms with Gasteiger partial charge in [-0.3, -0.25) is 0 Å². The molecule has 0 heterocycles. The molecular formula is C31H32Cl2SiZr. The molecular weight excluding hydrogens is 563 g/mol. The predicted octanol–water partition coefficient (Wildman–Crippen LogP) is 10.2. The van der Waals surface area contributed by atoms with E-state index in [0.717, 1.165) is 0 Å². The molecule has 0 aromatic heterocycles. The summed E-state index contributed by atoms with van der Waals surface area (Å²) in [7, 11) is 8.06. The van der Waals surface area contributed by atoms with Crippen LogP contribution in [0.15, 0.2) is 90.5 Å². The fourth-order valence-corrected chi connectivity index (χ4v) is 11.1. The standard InChI is InChI=1S/C29H26Si.2CH3.2ClH.Zr/c1-19-18-27-21-11-5-4-10-20(21)16-17-26(27)28(19)30(2,3)29-24-14-8-6-12-22(24)23-13-7-9-15-25(23)29;;;;;/h4-18,28-29H,1-3H3;2*1H3;2*1H;/q;2*-1;;;+4/p-2. The van der Waals surface area contributed by atoms with Crippen LogP contribution in [0.5, 0.6) is 0 Å². The third-order valence-corrected chi connectivity index (χ3v) is 11.8. The molecule has 4 heteroatoms. The maximum atomic E-state index is 4.93. The van der Waals surface area contributed by atoms with Crippen molar-refractivity contribution in [1.29, 1.82) is 0 Å². The van der Waals surface area contributed by atoms with E-state index in [1.807, 2.05) is 0 Å². The Morgan fingerprint density at radius 2 is 1.17 bits per heavy atom. The number of fused-ring (bicyclic) bond motifs is 6. The van der Waals surface area contributed by atoms with Gasteiger partial charge in [-0.05, 0) is 51.1 Å². The Labute approximate surface area is 231 Å². The fourth-order valence-electron chi connectivity index (χ4n) is 6.39. The molecule has 0 fully saturated rings. The Hall–Kier alpha value is -1.44. The Bertz CT molecular complexity index is 1330. The van der Waals surface area contributed by atoms with Crippen LogP contribution in [0, 0.1) is 14.9 Å². The first-order chi connectivity index (χ1) is 16.0. The summed E-state index contributed by atoms with van der Waals surface area (Å²) >= 11 is -0.826. The van der Waals surface area contributed by atoms with Gasteiger partial charge in [-0.15, -0.1) is 0 Å². The quantitative estimate of drug-likeness (QED) is 0.160. The van der Waals surface area contributed by atoms with Gasteiger partial charge in [-0.25, -0.2) is 0 Å². The number of hydrogen-bond acceptors (Lipinski definition) is 0. The van der Waals surface area contributed by atoms with Crippen molar-refractivity contribution < 1.29 is 20.8 Å². The van der Waals surface area contributed by atoms with Crippen LogP contribution in [0.1, 0.15) is 40.3 Å². The summed E-state index contributed by atoms with van der Waals surface area (Å²) in [6, 6.07) is 31.8. The Morgan fingerprint density at radius 3 is 1.77 bits per heavy atom.